The van der Waals surface area contributed by atoms with Crippen LogP contribution < -0.4 is 0 Å². The summed E-state index contributed by atoms with van der Waals surface area (Å²) >= 11 is 0. The Bertz CT molecular complexity index is 411. The summed E-state index contributed by atoms with van der Waals surface area (Å²) in [4.78, 5) is 11.2. The Labute approximate surface area is 97.4 Å². The molecule has 0 N–H and O–H groups in total. The third-order valence-electron chi connectivity index (χ3n) is 2.28. The Morgan fingerprint density at radius 3 is 2.53 bits per heavy atom. The highest BCUT2D eigenvalue weighted by molar-refractivity contribution is 5.73. The van der Waals surface area contributed by atoms with Crippen LogP contribution in [0.1, 0.15) is 23.6 Å². The summed E-state index contributed by atoms with van der Waals surface area (Å²) in [5.74, 6) is -0.649. The molecule has 1 aromatic rings. The summed E-state index contributed by atoms with van der Waals surface area (Å²) in [6.07, 6.45) is -4.81. The van der Waals surface area contributed by atoms with Crippen molar-refractivity contribution >= 4 is 5.97 Å². The minimum atomic E-state index is -4.45. The maximum absolute atomic E-state index is 12.8. The lowest BCUT2D eigenvalue weighted by molar-refractivity contribution is -0.143. The lowest BCUT2D eigenvalue weighted by Crippen LogP contribution is -2.15. The number of carbonyl (C=O) groups excluding carboxylic acids is 1. The van der Waals surface area contributed by atoms with Gasteiger partial charge in [0, 0.05) is 0 Å². The van der Waals surface area contributed by atoms with Crippen molar-refractivity contribution < 1.29 is 22.7 Å². The van der Waals surface area contributed by atoms with Gasteiger partial charge in [-0.25, -0.2) is 0 Å². The van der Waals surface area contributed by atoms with Gasteiger partial charge in [0.15, 0.2) is 0 Å². The second kappa shape index (κ2) is 5.21. The Hall–Kier alpha value is -1.52. The van der Waals surface area contributed by atoms with Gasteiger partial charge in [-0.2, -0.15) is 13.2 Å². The summed E-state index contributed by atoms with van der Waals surface area (Å²) in [6.45, 7) is 3.14. The molecule has 0 amide bonds. The molecular weight excluding hydrogens is 233 g/mol. The molecule has 0 aromatic heterocycles. The predicted octanol–water partition coefficient (Wildman–Crippen LogP) is 3.12. The lowest BCUT2D eigenvalue weighted by Gasteiger charge is -2.14. The monoisotopic (exact) mass is 246 g/mol. The molecule has 1 rings (SSSR count). The van der Waals surface area contributed by atoms with Crippen molar-refractivity contribution in [3.63, 3.8) is 0 Å². The van der Waals surface area contributed by atoms with E-state index in [1.807, 2.05) is 0 Å². The SMILES string of the molecule is CCOC(=O)Cc1cccc(C)c1C(F)(F)F. The van der Waals surface area contributed by atoms with Crippen molar-refractivity contribution in [2.45, 2.75) is 26.4 Å². The van der Waals surface area contributed by atoms with Crippen LogP contribution >= 0.6 is 0 Å². The fourth-order valence-electron chi connectivity index (χ4n) is 1.65. The van der Waals surface area contributed by atoms with Gasteiger partial charge in [-0.3, -0.25) is 4.79 Å². The second-order valence-corrected chi connectivity index (χ2v) is 3.59. The van der Waals surface area contributed by atoms with Gasteiger partial charge in [0.05, 0.1) is 18.6 Å². The molecule has 0 heterocycles. The first kappa shape index (κ1) is 13.5. The van der Waals surface area contributed by atoms with E-state index in [-0.39, 0.29) is 24.2 Å². The van der Waals surface area contributed by atoms with E-state index < -0.39 is 17.7 Å². The summed E-state index contributed by atoms with van der Waals surface area (Å²) in [6, 6.07) is 4.17. The molecule has 0 atom stereocenters. The minimum absolute atomic E-state index is 0.0454. The van der Waals surface area contributed by atoms with E-state index in [9.17, 15) is 18.0 Å². The molecule has 0 saturated heterocycles. The smallest absolute Gasteiger partial charge is 0.416 e. The van der Waals surface area contributed by atoms with Crippen LogP contribution in [0.25, 0.3) is 0 Å². The highest BCUT2D eigenvalue weighted by atomic mass is 19.4. The summed E-state index contributed by atoms with van der Waals surface area (Å²) < 4.78 is 43.0. The van der Waals surface area contributed by atoms with E-state index >= 15 is 0 Å². The average Bonchev–Trinajstić information content (AvgIpc) is 2.15. The normalized spacial score (nSPS) is 11.4. The molecule has 5 heteroatoms. The predicted molar refractivity (Wildman–Crippen MR) is 56.5 cm³/mol. The number of alkyl halides is 3. The molecule has 0 fully saturated rings. The number of ether oxygens (including phenoxy) is 1. The number of esters is 1. The van der Waals surface area contributed by atoms with Gasteiger partial charge in [0.25, 0.3) is 0 Å². The Kier molecular flexibility index (Phi) is 4.15. The quantitative estimate of drug-likeness (QED) is 0.766. The number of benzene rings is 1. The number of carbonyl (C=O) groups is 1. The summed E-state index contributed by atoms with van der Waals surface area (Å²) in [7, 11) is 0. The molecule has 0 saturated carbocycles. The number of halogens is 3. The van der Waals surface area contributed by atoms with Crippen molar-refractivity contribution in [2.24, 2.45) is 0 Å². The number of aryl methyl sites for hydroxylation is 1. The van der Waals surface area contributed by atoms with Gasteiger partial charge >= 0.3 is 12.1 Å². The minimum Gasteiger partial charge on any atom is -0.466 e. The van der Waals surface area contributed by atoms with E-state index in [0.29, 0.717) is 0 Å². The fourth-order valence-corrected chi connectivity index (χ4v) is 1.65. The highest BCUT2D eigenvalue weighted by Gasteiger charge is 2.35. The van der Waals surface area contributed by atoms with Crippen LogP contribution in [0, 0.1) is 6.92 Å². The average molecular weight is 246 g/mol. The highest BCUT2D eigenvalue weighted by Crippen LogP contribution is 2.34. The third kappa shape index (κ3) is 3.47. The van der Waals surface area contributed by atoms with Crippen LogP contribution in [-0.4, -0.2) is 12.6 Å². The topological polar surface area (TPSA) is 26.3 Å². The van der Waals surface area contributed by atoms with Gasteiger partial charge in [0.2, 0.25) is 0 Å². The molecule has 0 aliphatic carbocycles. The zero-order chi connectivity index (χ0) is 13.1. The van der Waals surface area contributed by atoms with Gasteiger partial charge in [0.1, 0.15) is 0 Å². The lowest BCUT2D eigenvalue weighted by atomic mass is 9.99. The van der Waals surface area contributed by atoms with Crippen molar-refractivity contribution in [1.29, 1.82) is 0 Å². The standard InChI is InChI=1S/C12H13F3O2/c1-3-17-10(16)7-9-6-4-5-8(2)11(9)12(13,14)15/h4-6H,3,7H2,1-2H3. The molecule has 0 aliphatic rings. The van der Waals surface area contributed by atoms with E-state index in [2.05, 4.69) is 4.74 Å². The van der Waals surface area contributed by atoms with Crippen molar-refractivity contribution in [3.05, 3.63) is 34.9 Å². The molecular formula is C12H13F3O2. The number of hydrogen-bond donors (Lipinski definition) is 0. The second-order valence-electron chi connectivity index (χ2n) is 3.59. The summed E-state index contributed by atoms with van der Waals surface area (Å²) in [5.41, 5.74) is -0.677. The molecule has 94 valence electrons. The molecule has 2 nitrogen and oxygen atoms in total. The maximum atomic E-state index is 12.8. The molecule has 17 heavy (non-hydrogen) atoms. The van der Waals surface area contributed by atoms with Crippen LogP contribution in [0.15, 0.2) is 18.2 Å². The number of hydrogen-bond acceptors (Lipinski definition) is 2. The molecule has 0 spiro atoms. The van der Waals surface area contributed by atoms with Crippen LogP contribution in [0.5, 0.6) is 0 Å². The Morgan fingerprint density at radius 2 is 2.00 bits per heavy atom. The van der Waals surface area contributed by atoms with Crippen LogP contribution in [-0.2, 0) is 22.1 Å². The first-order valence-corrected chi connectivity index (χ1v) is 5.17. The molecule has 0 radical (unpaired) electrons. The van der Waals surface area contributed by atoms with Crippen LogP contribution in [0.3, 0.4) is 0 Å². The van der Waals surface area contributed by atoms with Gasteiger partial charge < -0.3 is 4.74 Å². The van der Waals surface area contributed by atoms with E-state index in [0.717, 1.165) is 0 Å². The van der Waals surface area contributed by atoms with Crippen molar-refractivity contribution in [1.82, 2.24) is 0 Å². The van der Waals surface area contributed by atoms with E-state index in [1.54, 1.807) is 6.92 Å². The zero-order valence-corrected chi connectivity index (χ0v) is 9.60. The third-order valence-corrected chi connectivity index (χ3v) is 2.28. The summed E-state index contributed by atoms with van der Waals surface area (Å²) in [5, 5.41) is 0. The first-order valence-electron chi connectivity index (χ1n) is 5.17. The Morgan fingerprint density at radius 1 is 1.35 bits per heavy atom. The van der Waals surface area contributed by atoms with Crippen molar-refractivity contribution in [2.75, 3.05) is 6.61 Å². The van der Waals surface area contributed by atoms with Crippen LogP contribution in [0.2, 0.25) is 0 Å². The van der Waals surface area contributed by atoms with Crippen molar-refractivity contribution in [3.8, 4) is 0 Å². The molecule has 0 aliphatic heterocycles. The van der Waals surface area contributed by atoms with Gasteiger partial charge in [-0.05, 0) is 25.0 Å². The van der Waals surface area contributed by atoms with Crippen LogP contribution in [0.4, 0.5) is 13.2 Å². The van der Waals surface area contributed by atoms with Gasteiger partial charge in [-0.15, -0.1) is 0 Å². The maximum Gasteiger partial charge on any atom is 0.416 e. The van der Waals surface area contributed by atoms with Gasteiger partial charge in [-0.1, -0.05) is 18.2 Å². The first-order chi connectivity index (χ1) is 7.86. The Balaban J connectivity index is 3.08. The van der Waals surface area contributed by atoms with E-state index in [4.69, 9.17) is 0 Å². The zero-order valence-electron chi connectivity index (χ0n) is 9.60. The number of rotatable bonds is 3. The largest absolute Gasteiger partial charge is 0.466 e. The fraction of sp³-hybridized carbons (Fsp3) is 0.417. The molecule has 0 bridgehead atoms. The molecule has 0 unspecified atom stereocenters. The molecule has 1 aromatic carbocycles. The van der Waals surface area contributed by atoms with E-state index in [1.165, 1.54) is 25.1 Å².